The molecular formula is C59H40O26. The minimum atomic E-state index is -1.48. The summed E-state index contributed by atoms with van der Waals surface area (Å²) in [5.74, 6) is -11.9. The largest absolute Gasteiger partial charge is 0.478 e. The number of carboxylic acids is 11. The predicted molar refractivity (Wildman–Crippen MR) is 288 cm³/mol. The Hall–Kier alpha value is -12.9. The first-order valence-corrected chi connectivity index (χ1v) is 23.4. The molecule has 85 heavy (non-hydrogen) atoms. The van der Waals surface area contributed by atoms with Crippen LogP contribution in [0.4, 0.5) is 0 Å². The highest BCUT2D eigenvalue weighted by molar-refractivity contribution is 6.03. The lowest BCUT2D eigenvalue weighted by Gasteiger charge is -2.10. The first-order chi connectivity index (χ1) is 40.2. The van der Waals surface area contributed by atoms with Crippen molar-refractivity contribution in [3.8, 4) is 46.0 Å². The molecule has 0 radical (unpaired) electrons. The van der Waals surface area contributed by atoms with Gasteiger partial charge in [-0.05, 0) is 164 Å². The molecule has 8 aromatic rings. The van der Waals surface area contributed by atoms with E-state index in [2.05, 4.69) is 0 Å². The number of carboxylic acid groups (broad SMARTS) is 11. The number of hydrogen-bond acceptors (Lipinski definition) is 15. The topological polar surface area (TPSA) is 447 Å². The Morgan fingerprint density at radius 2 is 0.459 bits per heavy atom. The Morgan fingerprint density at radius 1 is 0.200 bits per heavy atom. The van der Waals surface area contributed by atoms with E-state index in [0.717, 1.165) is 30.3 Å². The van der Waals surface area contributed by atoms with Gasteiger partial charge < -0.3 is 75.1 Å². The van der Waals surface area contributed by atoms with Crippen LogP contribution in [0.2, 0.25) is 0 Å². The van der Waals surface area contributed by atoms with Crippen molar-refractivity contribution in [1.29, 1.82) is 0 Å². The van der Waals surface area contributed by atoms with E-state index >= 15 is 0 Å². The molecule has 8 rings (SSSR count). The molecule has 0 saturated carbocycles. The number of aromatic carboxylic acids is 11. The van der Waals surface area contributed by atoms with Crippen LogP contribution in [0.5, 0.6) is 46.0 Å². The van der Waals surface area contributed by atoms with Gasteiger partial charge in [0.25, 0.3) is 0 Å². The quantitative estimate of drug-likeness (QED) is 0.0358. The summed E-state index contributed by atoms with van der Waals surface area (Å²) in [6.45, 7) is 0. The number of hydrogen-bond donors (Lipinski definition) is 11. The third kappa shape index (κ3) is 18.3. The summed E-state index contributed by atoms with van der Waals surface area (Å²) in [6, 6.07) is 39.0. The van der Waals surface area contributed by atoms with Gasteiger partial charge in [0.15, 0.2) is 0 Å². The molecule has 26 heteroatoms. The second kappa shape index (κ2) is 28.8. The second-order valence-corrected chi connectivity index (χ2v) is 16.5. The molecule has 11 N–H and O–H groups in total. The molecule has 0 unspecified atom stereocenters. The lowest BCUT2D eigenvalue weighted by atomic mass is 10.1. The van der Waals surface area contributed by atoms with Crippen LogP contribution in [0, 0.1) is 0 Å². The molecule has 0 aromatic heterocycles. The smallest absolute Gasteiger partial charge is 0.339 e. The average molecular weight is 1160 g/mol. The van der Waals surface area contributed by atoms with Gasteiger partial charge in [-0.15, -0.1) is 0 Å². The maximum absolute atomic E-state index is 11.1. The highest BCUT2D eigenvalue weighted by atomic mass is 16.5. The van der Waals surface area contributed by atoms with E-state index in [-0.39, 0.29) is 67.7 Å². The summed E-state index contributed by atoms with van der Waals surface area (Å²) in [5, 5.41) is 98.0. The number of benzene rings is 8. The van der Waals surface area contributed by atoms with E-state index in [1.54, 1.807) is 12.1 Å². The van der Waals surface area contributed by atoms with Crippen molar-refractivity contribution in [2.24, 2.45) is 0 Å². The fourth-order valence-corrected chi connectivity index (χ4v) is 6.74. The van der Waals surface area contributed by atoms with Crippen LogP contribution in [0.3, 0.4) is 0 Å². The van der Waals surface area contributed by atoms with E-state index < -0.39 is 87.9 Å². The van der Waals surface area contributed by atoms with Crippen molar-refractivity contribution in [2.75, 3.05) is 0 Å². The minimum absolute atomic E-state index is 0.0281. The van der Waals surface area contributed by atoms with Crippen LogP contribution in [0.25, 0.3) is 0 Å². The predicted octanol–water partition coefficient (Wildman–Crippen LogP) is 10.6. The van der Waals surface area contributed by atoms with Crippen LogP contribution < -0.4 is 18.9 Å². The van der Waals surface area contributed by atoms with Crippen LogP contribution >= 0.6 is 0 Å². The van der Waals surface area contributed by atoms with Crippen LogP contribution in [-0.4, -0.2) is 122 Å². The molecule has 0 saturated heterocycles. The van der Waals surface area contributed by atoms with Crippen molar-refractivity contribution in [3.05, 3.63) is 237 Å². The molecule has 0 aliphatic heterocycles. The second-order valence-electron chi connectivity index (χ2n) is 16.5. The lowest BCUT2D eigenvalue weighted by Crippen LogP contribution is -2.09. The molecule has 0 heterocycles. The summed E-state index contributed by atoms with van der Waals surface area (Å²) in [6.07, 6.45) is 0. The van der Waals surface area contributed by atoms with Crippen molar-refractivity contribution < 1.29 is 128 Å². The molecule has 0 atom stereocenters. The average Bonchev–Trinajstić information content (AvgIpc) is 3.66. The van der Waals surface area contributed by atoms with Gasteiger partial charge in [0.1, 0.15) is 51.6 Å². The van der Waals surface area contributed by atoms with Gasteiger partial charge in [-0.25, -0.2) is 52.7 Å². The number of carbonyl (C=O) groups is 11. The maximum Gasteiger partial charge on any atom is 0.339 e. The van der Waals surface area contributed by atoms with Crippen molar-refractivity contribution in [3.63, 3.8) is 0 Å². The van der Waals surface area contributed by atoms with Crippen molar-refractivity contribution in [2.45, 2.75) is 0 Å². The maximum atomic E-state index is 11.1. The molecular weight excluding hydrogens is 1120 g/mol. The summed E-state index contributed by atoms with van der Waals surface area (Å²) in [4.78, 5) is 120. The minimum Gasteiger partial charge on any atom is -0.478 e. The van der Waals surface area contributed by atoms with Crippen LogP contribution in [0.1, 0.15) is 114 Å². The highest BCUT2D eigenvalue weighted by Gasteiger charge is 2.20. The first kappa shape index (κ1) is 63.0. The standard InChI is InChI=1S/C16H10O9.C15H10O7.2C14H10O5/c17-13(18)9-3-1-7(5-11(9)15(21)22)25-8-2-4-10(14(19)20)12(6-8)16(23)24;16-13(17)8-1-3-11(4-2-8)22-12-6-9(14(18)19)5-10(7-12)15(20)21;15-13(16)9-1-5-11(6-2-9)19-12-7-3-10(4-8-12)14(17)18;15-13(16)9-5-7-10(8-6-9)19-12-4-2-1-3-11(12)14(17)18/h1-6H,(H,17,18)(H,19,20)(H,21,22)(H,23,24);1-7H,(H,16,17)(H,18,19)(H,20,21);2*1-8H,(H,15,16)(H,17,18). The zero-order valence-electron chi connectivity index (χ0n) is 42.8. The third-order valence-electron chi connectivity index (χ3n) is 10.8. The lowest BCUT2D eigenvalue weighted by molar-refractivity contribution is 0.0651. The molecule has 0 aliphatic rings. The summed E-state index contributed by atoms with van der Waals surface area (Å²) >= 11 is 0. The van der Waals surface area contributed by atoms with E-state index in [0.29, 0.717) is 17.2 Å². The first-order valence-electron chi connectivity index (χ1n) is 23.4. The Bertz CT molecular complexity index is 3710. The molecule has 0 aliphatic carbocycles. The normalized spacial score (nSPS) is 9.98. The Morgan fingerprint density at radius 3 is 0.753 bits per heavy atom. The van der Waals surface area contributed by atoms with Gasteiger partial charge in [0.05, 0.1) is 55.6 Å². The summed E-state index contributed by atoms with van der Waals surface area (Å²) in [7, 11) is 0. The Balaban J connectivity index is 0.000000208. The van der Waals surface area contributed by atoms with Crippen LogP contribution in [0.15, 0.2) is 176 Å². The number of ether oxygens (including phenoxy) is 4. The fraction of sp³-hybridized carbons (Fsp3) is 0. The van der Waals surface area contributed by atoms with Gasteiger partial charge >= 0.3 is 65.7 Å². The Kier molecular flexibility index (Phi) is 21.4. The fourth-order valence-electron chi connectivity index (χ4n) is 6.74. The molecule has 432 valence electrons. The highest BCUT2D eigenvalue weighted by Crippen LogP contribution is 2.29. The molecule has 8 aromatic carbocycles. The summed E-state index contributed by atoms with van der Waals surface area (Å²) in [5.41, 5.74) is -1.74. The van der Waals surface area contributed by atoms with Crippen molar-refractivity contribution >= 4 is 65.7 Å². The van der Waals surface area contributed by atoms with Gasteiger partial charge in [-0.3, -0.25) is 0 Å². The van der Waals surface area contributed by atoms with Gasteiger partial charge in [-0.1, -0.05) is 12.1 Å². The Labute approximate surface area is 475 Å². The summed E-state index contributed by atoms with van der Waals surface area (Å²) < 4.78 is 21.6. The zero-order valence-corrected chi connectivity index (χ0v) is 42.8. The monoisotopic (exact) mass is 1160 g/mol. The van der Waals surface area contributed by atoms with E-state index in [4.69, 9.17) is 75.1 Å². The van der Waals surface area contributed by atoms with Crippen LogP contribution in [-0.2, 0) is 0 Å². The van der Waals surface area contributed by atoms with Gasteiger partial charge in [0, 0.05) is 0 Å². The van der Waals surface area contributed by atoms with E-state index in [1.165, 1.54) is 133 Å². The third-order valence-corrected chi connectivity index (χ3v) is 10.8. The molecule has 0 amide bonds. The zero-order chi connectivity index (χ0) is 62.7. The van der Waals surface area contributed by atoms with Gasteiger partial charge in [-0.2, -0.15) is 0 Å². The number of rotatable bonds is 19. The van der Waals surface area contributed by atoms with E-state index in [1.807, 2.05) is 0 Å². The molecule has 0 bridgehead atoms. The molecule has 26 nitrogen and oxygen atoms in total. The molecule has 0 spiro atoms. The van der Waals surface area contributed by atoms with Gasteiger partial charge in [0.2, 0.25) is 0 Å². The van der Waals surface area contributed by atoms with E-state index in [9.17, 15) is 52.7 Å². The number of para-hydroxylation sites is 1. The SMILES string of the molecule is O=C(O)c1ccc(Oc2cc(C(=O)O)cc(C(=O)O)c2)cc1.O=C(O)c1ccc(Oc2ccc(C(=O)O)c(C(=O)O)c2)cc1C(=O)O.O=C(O)c1ccc(Oc2ccc(C(=O)O)cc2)cc1.O=C(O)c1ccc(Oc2ccccc2C(=O)O)cc1. The van der Waals surface area contributed by atoms with Crippen molar-refractivity contribution in [1.82, 2.24) is 0 Å². The molecule has 0 fully saturated rings.